The molecule has 0 aromatic rings. The normalized spacial score (nSPS) is 42.7. The summed E-state index contributed by atoms with van der Waals surface area (Å²) in [5, 5.41) is 0. The van der Waals surface area contributed by atoms with Crippen LogP contribution in [0.3, 0.4) is 0 Å². The summed E-state index contributed by atoms with van der Waals surface area (Å²) in [4.78, 5) is 0. The van der Waals surface area contributed by atoms with Crippen LogP contribution in [0.1, 0.15) is 25.7 Å². The maximum absolute atomic E-state index is 5.38. The highest BCUT2D eigenvalue weighted by Gasteiger charge is 2.31. The Bertz CT molecular complexity index is 88.7. The van der Waals surface area contributed by atoms with Crippen LogP contribution in [0.5, 0.6) is 0 Å². The Balaban J connectivity index is 1.90. The maximum Gasteiger partial charge on any atom is 0.0468 e. The number of hydrogen-bond donors (Lipinski definition) is 0. The van der Waals surface area contributed by atoms with Gasteiger partial charge in [-0.05, 0) is 37.5 Å². The quantitative estimate of drug-likeness (QED) is 0.481. The Labute approximate surface area is 56.4 Å². The fourth-order valence-corrected chi connectivity index (χ4v) is 1.97. The van der Waals surface area contributed by atoms with Crippen molar-refractivity contribution in [2.45, 2.75) is 25.7 Å². The minimum Gasteiger partial charge on any atom is -0.381 e. The monoisotopic (exact) mass is 126 g/mol. The van der Waals surface area contributed by atoms with Gasteiger partial charge in [-0.25, -0.2) is 0 Å². The third-order valence-corrected chi connectivity index (χ3v) is 2.84. The van der Waals surface area contributed by atoms with Gasteiger partial charge in [-0.1, -0.05) is 0 Å². The summed E-state index contributed by atoms with van der Waals surface area (Å²) in [6, 6.07) is 0. The molecule has 0 N–H and O–H groups in total. The molecule has 1 saturated heterocycles. The van der Waals surface area contributed by atoms with Crippen LogP contribution < -0.4 is 0 Å². The van der Waals surface area contributed by atoms with Crippen molar-refractivity contribution >= 4 is 0 Å². The molecule has 0 spiro atoms. The van der Waals surface area contributed by atoms with Crippen molar-refractivity contribution in [2.24, 2.45) is 11.8 Å². The van der Waals surface area contributed by atoms with E-state index in [1.54, 1.807) is 0 Å². The molecule has 0 aromatic carbocycles. The highest BCUT2D eigenvalue weighted by Crippen LogP contribution is 2.40. The minimum absolute atomic E-state index is 1.03. The molecule has 2 fully saturated rings. The van der Waals surface area contributed by atoms with E-state index in [2.05, 4.69) is 0 Å². The first-order valence-corrected chi connectivity index (χ1v) is 4.04. The molecule has 2 unspecified atom stereocenters. The van der Waals surface area contributed by atoms with Crippen LogP contribution in [0, 0.1) is 11.8 Å². The second-order valence-corrected chi connectivity index (χ2v) is 3.29. The van der Waals surface area contributed by atoms with Gasteiger partial charge in [0.05, 0.1) is 0 Å². The molecule has 1 heterocycles. The van der Waals surface area contributed by atoms with E-state index in [0.29, 0.717) is 0 Å². The van der Waals surface area contributed by atoms with Gasteiger partial charge in [0.2, 0.25) is 0 Å². The van der Waals surface area contributed by atoms with Crippen LogP contribution in [0.4, 0.5) is 0 Å². The highest BCUT2D eigenvalue weighted by molar-refractivity contribution is 4.81. The lowest BCUT2D eigenvalue weighted by Gasteiger charge is -2.34. The highest BCUT2D eigenvalue weighted by atomic mass is 16.5. The van der Waals surface area contributed by atoms with Crippen molar-refractivity contribution in [1.29, 1.82) is 0 Å². The largest absolute Gasteiger partial charge is 0.381 e. The summed E-state index contributed by atoms with van der Waals surface area (Å²) in [5.74, 6) is 2.10. The molecule has 0 bridgehead atoms. The molecule has 0 aromatic heterocycles. The predicted octanol–water partition coefficient (Wildman–Crippen LogP) is 1.82. The van der Waals surface area contributed by atoms with Gasteiger partial charge in [0.25, 0.3) is 0 Å². The first-order valence-electron chi connectivity index (χ1n) is 4.04. The molecule has 52 valence electrons. The first kappa shape index (κ1) is 5.72. The van der Waals surface area contributed by atoms with Gasteiger partial charge in [0.1, 0.15) is 0 Å². The summed E-state index contributed by atoms with van der Waals surface area (Å²) >= 11 is 0. The average molecular weight is 126 g/mol. The second kappa shape index (κ2) is 2.30. The molecular formula is C8H14O. The molecule has 1 aliphatic heterocycles. The van der Waals surface area contributed by atoms with Gasteiger partial charge in [0.15, 0.2) is 0 Å². The second-order valence-electron chi connectivity index (χ2n) is 3.29. The third kappa shape index (κ3) is 0.983. The Morgan fingerprint density at radius 1 is 0.778 bits per heavy atom. The van der Waals surface area contributed by atoms with Gasteiger partial charge < -0.3 is 4.74 Å². The number of rotatable bonds is 0. The lowest BCUT2D eigenvalue weighted by Crippen LogP contribution is -2.24. The van der Waals surface area contributed by atoms with Crippen LogP contribution in [0.2, 0.25) is 0 Å². The average Bonchev–Trinajstić information content (AvgIpc) is 1.94. The Kier molecular flexibility index (Phi) is 1.46. The molecule has 1 nitrogen and oxygen atoms in total. The first-order chi connectivity index (χ1) is 4.47. The summed E-state index contributed by atoms with van der Waals surface area (Å²) in [6.07, 6.45) is 5.64. The molecule has 0 radical (unpaired) electrons. The van der Waals surface area contributed by atoms with Crippen molar-refractivity contribution in [3.63, 3.8) is 0 Å². The molecule has 9 heavy (non-hydrogen) atoms. The van der Waals surface area contributed by atoms with Crippen molar-refractivity contribution < 1.29 is 4.74 Å². The number of fused-ring (bicyclic) bond motifs is 1. The molecule has 1 aliphatic carbocycles. The zero-order valence-electron chi connectivity index (χ0n) is 5.81. The zero-order valence-corrected chi connectivity index (χ0v) is 5.81. The molecule has 0 amide bonds. The van der Waals surface area contributed by atoms with Crippen LogP contribution >= 0.6 is 0 Å². The molecule has 1 saturated carbocycles. The fourth-order valence-electron chi connectivity index (χ4n) is 1.97. The lowest BCUT2D eigenvalue weighted by molar-refractivity contribution is 0.142. The molecule has 2 atom stereocenters. The number of hydrogen-bond acceptors (Lipinski definition) is 1. The van der Waals surface area contributed by atoms with Crippen LogP contribution in [0.15, 0.2) is 0 Å². The van der Waals surface area contributed by atoms with Crippen molar-refractivity contribution in [1.82, 2.24) is 0 Å². The predicted molar refractivity (Wildman–Crippen MR) is 36.3 cm³/mol. The summed E-state index contributed by atoms with van der Waals surface area (Å²) in [7, 11) is 0. The number of ether oxygens (including phenoxy) is 1. The Morgan fingerprint density at radius 2 is 1.33 bits per heavy atom. The van der Waals surface area contributed by atoms with Gasteiger partial charge in [0, 0.05) is 13.2 Å². The zero-order chi connectivity index (χ0) is 6.10. The topological polar surface area (TPSA) is 9.23 Å². The SMILES string of the molecule is C1CC2CCC2CCO1. The summed E-state index contributed by atoms with van der Waals surface area (Å²) < 4.78 is 5.38. The minimum atomic E-state index is 1.03. The van der Waals surface area contributed by atoms with Crippen LogP contribution in [-0.4, -0.2) is 13.2 Å². The van der Waals surface area contributed by atoms with Crippen LogP contribution in [0.25, 0.3) is 0 Å². The van der Waals surface area contributed by atoms with E-state index in [1.807, 2.05) is 0 Å². The molecular weight excluding hydrogens is 112 g/mol. The smallest absolute Gasteiger partial charge is 0.0468 e. The van der Waals surface area contributed by atoms with Gasteiger partial charge in [-0.3, -0.25) is 0 Å². The van der Waals surface area contributed by atoms with Crippen LogP contribution in [-0.2, 0) is 4.74 Å². The van der Waals surface area contributed by atoms with E-state index in [4.69, 9.17) is 4.74 Å². The van der Waals surface area contributed by atoms with E-state index in [-0.39, 0.29) is 0 Å². The van der Waals surface area contributed by atoms with E-state index >= 15 is 0 Å². The third-order valence-electron chi connectivity index (χ3n) is 2.84. The molecule has 1 heteroatoms. The van der Waals surface area contributed by atoms with Gasteiger partial charge in [-0.15, -0.1) is 0 Å². The van der Waals surface area contributed by atoms with Gasteiger partial charge >= 0.3 is 0 Å². The lowest BCUT2D eigenvalue weighted by atomic mass is 9.71. The Hall–Kier alpha value is -0.0400. The summed E-state index contributed by atoms with van der Waals surface area (Å²) in [6.45, 7) is 2.06. The van der Waals surface area contributed by atoms with E-state index < -0.39 is 0 Å². The molecule has 2 rings (SSSR count). The summed E-state index contributed by atoms with van der Waals surface area (Å²) in [5.41, 5.74) is 0. The van der Waals surface area contributed by atoms with Crippen molar-refractivity contribution in [3.05, 3.63) is 0 Å². The maximum atomic E-state index is 5.38. The van der Waals surface area contributed by atoms with Gasteiger partial charge in [-0.2, -0.15) is 0 Å². The molecule has 2 aliphatic rings. The fraction of sp³-hybridized carbons (Fsp3) is 1.00. The van der Waals surface area contributed by atoms with E-state index in [0.717, 1.165) is 25.0 Å². The van der Waals surface area contributed by atoms with Crippen molar-refractivity contribution in [3.8, 4) is 0 Å². The standard InChI is InChI=1S/C8H14O/c1-2-8-4-6-9-5-3-7(1)8/h7-8H,1-6H2. The van der Waals surface area contributed by atoms with E-state index in [1.165, 1.54) is 25.7 Å². The Morgan fingerprint density at radius 3 is 1.78 bits per heavy atom. The van der Waals surface area contributed by atoms with Crippen molar-refractivity contribution in [2.75, 3.05) is 13.2 Å². The van der Waals surface area contributed by atoms with E-state index in [9.17, 15) is 0 Å².